The normalized spacial score (nSPS) is 24.4. The zero-order valence-electron chi connectivity index (χ0n) is 9.36. The molecule has 0 radical (unpaired) electrons. The summed E-state index contributed by atoms with van der Waals surface area (Å²) in [5.74, 6) is 1.23. The first-order valence-corrected chi connectivity index (χ1v) is 6.24. The lowest BCUT2D eigenvalue weighted by Gasteiger charge is -2.33. The summed E-state index contributed by atoms with van der Waals surface area (Å²) in [7, 11) is 3.40. The van der Waals surface area contributed by atoms with Crippen molar-refractivity contribution < 1.29 is 9.47 Å². The average molecular weight is 219 g/mol. The third kappa shape index (κ3) is 3.77. The molecule has 0 aromatic rings. The number of thioether (sulfide) groups is 1. The fourth-order valence-electron chi connectivity index (χ4n) is 1.65. The van der Waals surface area contributed by atoms with E-state index in [1.807, 2.05) is 0 Å². The van der Waals surface area contributed by atoms with E-state index in [-0.39, 0.29) is 6.29 Å². The molecule has 84 valence electrons. The largest absolute Gasteiger partial charge is 0.355 e. The standard InChI is InChI=1S/C10H21NO2S/c1-4-9-7-11(5-6-14-9)8-10(12-2)13-3/h9-10H,4-8H2,1-3H3. The fraction of sp³-hybridized carbons (Fsp3) is 1.00. The van der Waals surface area contributed by atoms with Crippen LogP contribution in [0.15, 0.2) is 0 Å². The highest BCUT2D eigenvalue weighted by atomic mass is 32.2. The zero-order valence-corrected chi connectivity index (χ0v) is 10.2. The van der Waals surface area contributed by atoms with Crippen LogP contribution in [-0.2, 0) is 9.47 Å². The monoisotopic (exact) mass is 219 g/mol. The van der Waals surface area contributed by atoms with E-state index in [0.29, 0.717) is 0 Å². The highest BCUT2D eigenvalue weighted by molar-refractivity contribution is 8.00. The summed E-state index contributed by atoms with van der Waals surface area (Å²) >= 11 is 2.09. The molecule has 1 atom stereocenters. The van der Waals surface area contributed by atoms with E-state index in [0.717, 1.165) is 18.3 Å². The van der Waals surface area contributed by atoms with Crippen molar-refractivity contribution in [3.63, 3.8) is 0 Å². The molecule has 0 N–H and O–H groups in total. The number of rotatable bonds is 5. The molecule has 1 unspecified atom stereocenters. The van der Waals surface area contributed by atoms with Gasteiger partial charge in [-0.3, -0.25) is 4.90 Å². The first-order valence-electron chi connectivity index (χ1n) is 5.19. The van der Waals surface area contributed by atoms with Crippen molar-refractivity contribution >= 4 is 11.8 Å². The van der Waals surface area contributed by atoms with Gasteiger partial charge in [-0.1, -0.05) is 6.92 Å². The van der Waals surface area contributed by atoms with Gasteiger partial charge in [-0.15, -0.1) is 0 Å². The van der Waals surface area contributed by atoms with Crippen LogP contribution < -0.4 is 0 Å². The van der Waals surface area contributed by atoms with Gasteiger partial charge < -0.3 is 9.47 Å². The highest BCUT2D eigenvalue weighted by Gasteiger charge is 2.21. The SMILES string of the molecule is CCC1CN(CC(OC)OC)CCS1. The molecule has 4 heteroatoms. The van der Waals surface area contributed by atoms with Crippen molar-refractivity contribution in [3.8, 4) is 0 Å². The van der Waals surface area contributed by atoms with Gasteiger partial charge in [0.2, 0.25) is 0 Å². The maximum absolute atomic E-state index is 5.20. The number of nitrogens with zero attached hydrogens (tertiary/aromatic N) is 1. The number of ether oxygens (including phenoxy) is 2. The van der Waals surface area contributed by atoms with Crippen LogP contribution in [0.5, 0.6) is 0 Å². The van der Waals surface area contributed by atoms with Gasteiger partial charge in [0, 0.05) is 44.9 Å². The second kappa shape index (κ2) is 6.67. The van der Waals surface area contributed by atoms with Crippen molar-refractivity contribution in [2.75, 3.05) is 39.6 Å². The fourth-order valence-corrected chi connectivity index (χ4v) is 2.90. The van der Waals surface area contributed by atoms with Gasteiger partial charge in [0.15, 0.2) is 6.29 Å². The average Bonchev–Trinajstić information content (AvgIpc) is 2.26. The maximum atomic E-state index is 5.20. The molecule has 1 saturated heterocycles. The lowest BCUT2D eigenvalue weighted by molar-refractivity contribution is -0.115. The second-order valence-corrected chi connectivity index (χ2v) is 4.97. The van der Waals surface area contributed by atoms with Crippen LogP contribution in [0.25, 0.3) is 0 Å². The molecule has 1 heterocycles. The molecule has 0 aromatic carbocycles. The Labute approximate surface area is 91.1 Å². The number of methoxy groups -OCH3 is 2. The zero-order chi connectivity index (χ0) is 10.4. The molecule has 0 saturated carbocycles. The Hall–Kier alpha value is 0.230. The molecule has 14 heavy (non-hydrogen) atoms. The Kier molecular flexibility index (Phi) is 5.86. The lowest BCUT2D eigenvalue weighted by Crippen LogP contribution is -2.42. The smallest absolute Gasteiger partial charge is 0.169 e. The summed E-state index contributed by atoms with van der Waals surface area (Å²) in [4.78, 5) is 2.43. The molecule has 1 aliphatic heterocycles. The molecular formula is C10H21NO2S. The van der Waals surface area contributed by atoms with E-state index >= 15 is 0 Å². The van der Waals surface area contributed by atoms with E-state index in [4.69, 9.17) is 9.47 Å². The topological polar surface area (TPSA) is 21.7 Å². The van der Waals surface area contributed by atoms with Gasteiger partial charge in [0.05, 0.1) is 0 Å². The Balaban J connectivity index is 2.29. The second-order valence-electron chi connectivity index (χ2n) is 3.56. The Morgan fingerprint density at radius 3 is 2.71 bits per heavy atom. The van der Waals surface area contributed by atoms with Crippen LogP contribution >= 0.6 is 11.8 Å². The molecule has 3 nitrogen and oxygen atoms in total. The van der Waals surface area contributed by atoms with Crippen LogP contribution in [0.4, 0.5) is 0 Å². The Morgan fingerprint density at radius 1 is 1.43 bits per heavy atom. The third-order valence-corrected chi connectivity index (χ3v) is 3.98. The van der Waals surface area contributed by atoms with Gasteiger partial charge in [-0.05, 0) is 6.42 Å². The predicted molar refractivity (Wildman–Crippen MR) is 60.8 cm³/mol. The van der Waals surface area contributed by atoms with Gasteiger partial charge in [-0.25, -0.2) is 0 Å². The molecule has 0 aromatic heterocycles. The summed E-state index contributed by atoms with van der Waals surface area (Å²) in [5, 5.41) is 0.790. The van der Waals surface area contributed by atoms with Crippen molar-refractivity contribution in [2.24, 2.45) is 0 Å². The van der Waals surface area contributed by atoms with Crippen molar-refractivity contribution in [1.82, 2.24) is 4.90 Å². The minimum atomic E-state index is -0.0735. The summed E-state index contributed by atoms with van der Waals surface area (Å²) in [6.07, 6.45) is 1.18. The van der Waals surface area contributed by atoms with Crippen LogP contribution in [0.2, 0.25) is 0 Å². The van der Waals surface area contributed by atoms with Gasteiger partial charge in [-0.2, -0.15) is 11.8 Å². The van der Waals surface area contributed by atoms with Crippen LogP contribution in [-0.4, -0.2) is 56.0 Å². The van der Waals surface area contributed by atoms with E-state index in [9.17, 15) is 0 Å². The molecule has 1 aliphatic rings. The molecule has 0 amide bonds. The van der Waals surface area contributed by atoms with Gasteiger partial charge in [0.1, 0.15) is 0 Å². The first kappa shape index (κ1) is 12.3. The van der Waals surface area contributed by atoms with Crippen LogP contribution in [0.3, 0.4) is 0 Å². The van der Waals surface area contributed by atoms with E-state index < -0.39 is 0 Å². The minimum absolute atomic E-state index is 0.0735. The molecule has 0 spiro atoms. The Morgan fingerprint density at radius 2 is 2.14 bits per heavy atom. The predicted octanol–water partition coefficient (Wildman–Crippen LogP) is 1.43. The van der Waals surface area contributed by atoms with Gasteiger partial charge in [0.25, 0.3) is 0 Å². The van der Waals surface area contributed by atoms with E-state index in [1.54, 1.807) is 14.2 Å². The summed E-state index contributed by atoms with van der Waals surface area (Å²) in [5.41, 5.74) is 0. The molecule has 0 bridgehead atoms. The van der Waals surface area contributed by atoms with E-state index in [1.165, 1.54) is 18.7 Å². The van der Waals surface area contributed by atoms with Crippen LogP contribution in [0.1, 0.15) is 13.3 Å². The summed E-state index contributed by atoms with van der Waals surface area (Å²) in [6.45, 7) is 5.48. The summed E-state index contributed by atoms with van der Waals surface area (Å²) < 4.78 is 10.4. The van der Waals surface area contributed by atoms with Crippen molar-refractivity contribution in [2.45, 2.75) is 24.9 Å². The van der Waals surface area contributed by atoms with E-state index in [2.05, 4.69) is 23.6 Å². The highest BCUT2D eigenvalue weighted by Crippen LogP contribution is 2.21. The first-order chi connectivity index (χ1) is 6.80. The molecule has 0 aliphatic carbocycles. The van der Waals surface area contributed by atoms with Crippen molar-refractivity contribution in [3.05, 3.63) is 0 Å². The molecular weight excluding hydrogens is 198 g/mol. The number of hydrogen-bond donors (Lipinski definition) is 0. The maximum Gasteiger partial charge on any atom is 0.169 e. The van der Waals surface area contributed by atoms with Crippen LogP contribution in [0, 0.1) is 0 Å². The molecule has 1 rings (SSSR count). The minimum Gasteiger partial charge on any atom is -0.355 e. The third-order valence-electron chi connectivity index (χ3n) is 2.61. The van der Waals surface area contributed by atoms with Crippen molar-refractivity contribution in [1.29, 1.82) is 0 Å². The molecule has 1 fully saturated rings. The lowest BCUT2D eigenvalue weighted by atomic mass is 10.3. The summed E-state index contributed by atoms with van der Waals surface area (Å²) in [6, 6.07) is 0. The Bertz CT molecular complexity index is 153. The van der Waals surface area contributed by atoms with Gasteiger partial charge >= 0.3 is 0 Å². The number of hydrogen-bond acceptors (Lipinski definition) is 4. The quantitative estimate of drug-likeness (QED) is 0.652.